The van der Waals surface area contributed by atoms with E-state index in [-0.39, 0.29) is 5.97 Å². The van der Waals surface area contributed by atoms with Crippen molar-refractivity contribution in [2.75, 3.05) is 38.2 Å². The molecule has 0 aromatic rings. The van der Waals surface area contributed by atoms with Gasteiger partial charge >= 0.3 is 5.97 Å². The third-order valence-electron chi connectivity index (χ3n) is 1.81. The van der Waals surface area contributed by atoms with E-state index >= 15 is 0 Å². The molecule has 0 aliphatic heterocycles. The molecule has 0 radical (unpaired) electrons. The quantitative estimate of drug-likeness (QED) is 0.580. The van der Waals surface area contributed by atoms with Gasteiger partial charge in [-0.2, -0.15) is 11.8 Å². The molecule has 0 saturated heterocycles. The smallest absolute Gasteiger partial charge is 0.320 e. The maximum atomic E-state index is 11.2. The van der Waals surface area contributed by atoms with E-state index < -0.39 is 0 Å². The second-order valence-electron chi connectivity index (χ2n) is 3.07. The Hall–Kier alpha value is -0.220. The Balaban J connectivity index is 3.75. The lowest BCUT2D eigenvalue weighted by molar-refractivity contribution is -0.144. The number of hydrogen-bond acceptors (Lipinski definition) is 4. The average Bonchev–Trinajstić information content (AvgIpc) is 2.15. The number of rotatable bonds is 8. The van der Waals surface area contributed by atoms with Crippen LogP contribution >= 0.6 is 11.8 Å². The summed E-state index contributed by atoms with van der Waals surface area (Å²) in [6.45, 7) is 6.80. The first-order chi connectivity index (χ1) is 6.74. The molecule has 0 saturated carbocycles. The van der Waals surface area contributed by atoms with Gasteiger partial charge in [0.05, 0.1) is 13.2 Å². The molecule has 0 aliphatic rings. The van der Waals surface area contributed by atoms with Crippen molar-refractivity contribution in [3.63, 3.8) is 0 Å². The molecule has 0 amide bonds. The second kappa shape index (κ2) is 9.34. The standard InChI is InChI=1S/C10H21NO2S/c1-4-6-11(7-8-14-3)9-10(12)13-5-2/h4-9H2,1-3H3. The van der Waals surface area contributed by atoms with Gasteiger partial charge in [0.15, 0.2) is 0 Å². The number of carbonyl (C=O) groups is 1. The van der Waals surface area contributed by atoms with Crippen LogP contribution in [0.3, 0.4) is 0 Å². The number of carbonyl (C=O) groups excluding carboxylic acids is 1. The van der Waals surface area contributed by atoms with Crippen molar-refractivity contribution in [3.8, 4) is 0 Å². The minimum Gasteiger partial charge on any atom is -0.465 e. The highest BCUT2D eigenvalue weighted by atomic mass is 32.2. The van der Waals surface area contributed by atoms with Gasteiger partial charge in [-0.1, -0.05) is 6.92 Å². The van der Waals surface area contributed by atoms with Crippen molar-refractivity contribution in [2.45, 2.75) is 20.3 Å². The number of hydrogen-bond donors (Lipinski definition) is 0. The van der Waals surface area contributed by atoms with E-state index in [2.05, 4.69) is 18.1 Å². The topological polar surface area (TPSA) is 29.5 Å². The zero-order valence-electron chi connectivity index (χ0n) is 9.41. The van der Waals surface area contributed by atoms with Gasteiger partial charge in [-0.15, -0.1) is 0 Å². The van der Waals surface area contributed by atoms with E-state index in [9.17, 15) is 4.79 Å². The van der Waals surface area contributed by atoms with E-state index in [4.69, 9.17) is 4.74 Å². The molecule has 0 aromatic heterocycles. The van der Waals surface area contributed by atoms with Crippen LogP contribution in [0, 0.1) is 0 Å². The Kier molecular flexibility index (Phi) is 9.19. The molecular formula is C10H21NO2S. The molecule has 0 N–H and O–H groups in total. The molecule has 0 unspecified atom stereocenters. The molecular weight excluding hydrogens is 198 g/mol. The molecule has 0 atom stereocenters. The third-order valence-corrected chi connectivity index (χ3v) is 2.40. The van der Waals surface area contributed by atoms with Gasteiger partial charge in [0, 0.05) is 12.3 Å². The van der Waals surface area contributed by atoms with Crippen LogP contribution in [-0.4, -0.2) is 49.1 Å². The summed E-state index contributed by atoms with van der Waals surface area (Å²) in [4.78, 5) is 13.4. The van der Waals surface area contributed by atoms with Crippen molar-refractivity contribution < 1.29 is 9.53 Å². The maximum absolute atomic E-state index is 11.2. The van der Waals surface area contributed by atoms with E-state index in [1.165, 1.54) is 0 Å². The molecule has 3 nitrogen and oxygen atoms in total. The van der Waals surface area contributed by atoms with Crippen molar-refractivity contribution in [3.05, 3.63) is 0 Å². The Bertz CT molecular complexity index is 153. The highest BCUT2D eigenvalue weighted by Crippen LogP contribution is 1.98. The van der Waals surface area contributed by atoms with E-state index in [1.54, 1.807) is 11.8 Å². The van der Waals surface area contributed by atoms with E-state index in [0.29, 0.717) is 13.2 Å². The molecule has 0 aliphatic carbocycles. The van der Waals surface area contributed by atoms with Crippen LogP contribution in [0.15, 0.2) is 0 Å². The largest absolute Gasteiger partial charge is 0.465 e. The van der Waals surface area contributed by atoms with Crippen LogP contribution in [0.4, 0.5) is 0 Å². The fourth-order valence-corrected chi connectivity index (χ4v) is 1.64. The number of nitrogens with zero attached hydrogens (tertiary/aromatic N) is 1. The molecule has 4 heteroatoms. The Morgan fingerprint density at radius 2 is 2.07 bits per heavy atom. The van der Waals surface area contributed by atoms with Crippen LogP contribution in [-0.2, 0) is 9.53 Å². The highest BCUT2D eigenvalue weighted by Gasteiger charge is 2.09. The average molecular weight is 219 g/mol. The lowest BCUT2D eigenvalue weighted by Gasteiger charge is -2.19. The normalized spacial score (nSPS) is 10.6. The Labute approximate surface area is 91.2 Å². The summed E-state index contributed by atoms with van der Waals surface area (Å²) in [5, 5.41) is 0. The molecule has 0 heterocycles. The Morgan fingerprint density at radius 1 is 1.36 bits per heavy atom. The summed E-state index contributed by atoms with van der Waals surface area (Å²) >= 11 is 1.80. The molecule has 84 valence electrons. The van der Waals surface area contributed by atoms with Crippen molar-refractivity contribution in [1.29, 1.82) is 0 Å². The van der Waals surface area contributed by atoms with E-state index in [1.807, 2.05) is 6.92 Å². The number of thioether (sulfide) groups is 1. The van der Waals surface area contributed by atoms with Gasteiger partial charge in [0.25, 0.3) is 0 Å². The van der Waals surface area contributed by atoms with Gasteiger partial charge in [-0.3, -0.25) is 9.69 Å². The predicted molar refractivity (Wildman–Crippen MR) is 61.7 cm³/mol. The van der Waals surface area contributed by atoms with Crippen LogP contribution < -0.4 is 0 Å². The molecule has 0 spiro atoms. The lowest BCUT2D eigenvalue weighted by Crippen LogP contribution is -2.33. The van der Waals surface area contributed by atoms with Crippen LogP contribution in [0.5, 0.6) is 0 Å². The SMILES string of the molecule is CCCN(CCSC)CC(=O)OCC. The zero-order valence-corrected chi connectivity index (χ0v) is 10.2. The van der Waals surface area contributed by atoms with Crippen LogP contribution in [0.1, 0.15) is 20.3 Å². The molecule has 0 rings (SSSR count). The van der Waals surface area contributed by atoms with Crippen molar-refractivity contribution in [1.82, 2.24) is 4.90 Å². The molecule has 0 fully saturated rings. The van der Waals surface area contributed by atoms with Gasteiger partial charge in [-0.25, -0.2) is 0 Å². The monoisotopic (exact) mass is 219 g/mol. The predicted octanol–water partition coefficient (Wildman–Crippen LogP) is 1.62. The van der Waals surface area contributed by atoms with Gasteiger partial charge in [0.2, 0.25) is 0 Å². The van der Waals surface area contributed by atoms with Crippen molar-refractivity contribution in [2.24, 2.45) is 0 Å². The van der Waals surface area contributed by atoms with Gasteiger partial charge in [0.1, 0.15) is 0 Å². The minimum absolute atomic E-state index is 0.109. The van der Waals surface area contributed by atoms with Crippen molar-refractivity contribution >= 4 is 17.7 Å². The summed E-state index contributed by atoms with van der Waals surface area (Å²) in [7, 11) is 0. The summed E-state index contributed by atoms with van der Waals surface area (Å²) in [6.07, 6.45) is 3.16. The summed E-state index contributed by atoms with van der Waals surface area (Å²) in [6, 6.07) is 0. The summed E-state index contributed by atoms with van der Waals surface area (Å²) in [5.41, 5.74) is 0. The first-order valence-electron chi connectivity index (χ1n) is 5.11. The lowest BCUT2D eigenvalue weighted by atomic mass is 10.4. The molecule has 0 bridgehead atoms. The second-order valence-corrected chi connectivity index (χ2v) is 4.06. The molecule has 0 aromatic carbocycles. The molecule has 14 heavy (non-hydrogen) atoms. The number of ether oxygens (including phenoxy) is 1. The number of esters is 1. The fraction of sp³-hybridized carbons (Fsp3) is 0.900. The van der Waals surface area contributed by atoms with Crippen LogP contribution in [0.2, 0.25) is 0 Å². The first-order valence-corrected chi connectivity index (χ1v) is 6.50. The van der Waals surface area contributed by atoms with Gasteiger partial charge < -0.3 is 4.74 Å². The highest BCUT2D eigenvalue weighted by molar-refractivity contribution is 7.98. The third kappa shape index (κ3) is 7.21. The first kappa shape index (κ1) is 13.8. The maximum Gasteiger partial charge on any atom is 0.320 e. The zero-order chi connectivity index (χ0) is 10.8. The van der Waals surface area contributed by atoms with E-state index in [0.717, 1.165) is 25.3 Å². The Morgan fingerprint density at radius 3 is 2.57 bits per heavy atom. The summed E-state index contributed by atoms with van der Waals surface area (Å²) in [5.74, 6) is 0.960. The van der Waals surface area contributed by atoms with Gasteiger partial charge in [-0.05, 0) is 26.1 Å². The minimum atomic E-state index is -0.109. The fourth-order valence-electron chi connectivity index (χ4n) is 1.20. The summed E-state index contributed by atoms with van der Waals surface area (Å²) < 4.78 is 4.91. The van der Waals surface area contributed by atoms with Crippen LogP contribution in [0.25, 0.3) is 0 Å².